The second-order valence-corrected chi connectivity index (χ2v) is 8.26. The summed E-state index contributed by atoms with van der Waals surface area (Å²) in [6.07, 6.45) is 10.3. The molecular weight excluding hydrogens is 362 g/mol. The molecule has 0 amide bonds. The Kier molecular flexibility index (Phi) is 5.15. The first-order valence-corrected chi connectivity index (χ1v) is 10.3. The van der Waals surface area contributed by atoms with Crippen LogP contribution in [0.3, 0.4) is 0 Å². The van der Waals surface area contributed by atoms with Crippen molar-refractivity contribution in [3.8, 4) is 11.1 Å². The number of nitrogens with zero attached hydrogens (tertiary/aromatic N) is 6. The molecule has 0 bridgehead atoms. The lowest BCUT2D eigenvalue weighted by Crippen LogP contribution is -2.51. The fourth-order valence-electron chi connectivity index (χ4n) is 3.05. The normalized spacial score (nSPS) is 16.3. The van der Waals surface area contributed by atoms with E-state index in [1.807, 2.05) is 46.8 Å². The first-order chi connectivity index (χ1) is 13.1. The second-order valence-electron chi connectivity index (χ2n) is 6.69. The molecule has 1 fully saturated rings. The summed E-state index contributed by atoms with van der Waals surface area (Å²) in [5.41, 5.74) is 2.99. The van der Waals surface area contributed by atoms with Gasteiger partial charge in [0.1, 0.15) is 11.6 Å². The zero-order chi connectivity index (χ0) is 18.8. The van der Waals surface area contributed by atoms with Crippen molar-refractivity contribution >= 4 is 22.9 Å². The summed E-state index contributed by atoms with van der Waals surface area (Å²) in [5, 5.41) is 11.9. The molecule has 4 heterocycles. The second kappa shape index (κ2) is 7.71. The van der Waals surface area contributed by atoms with E-state index in [1.165, 1.54) is 0 Å². The van der Waals surface area contributed by atoms with Gasteiger partial charge in [0.05, 0.1) is 37.2 Å². The predicted octanol–water partition coefficient (Wildman–Crippen LogP) is 2.35. The molecule has 1 aliphatic rings. The predicted molar refractivity (Wildman–Crippen MR) is 106 cm³/mol. The molecule has 0 aliphatic carbocycles. The van der Waals surface area contributed by atoms with Gasteiger partial charge in [0, 0.05) is 42.6 Å². The third kappa shape index (κ3) is 4.00. The molecule has 1 atom stereocenters. The van der Waals surface area contributed by atoms with Crippen molar-refractivity contribution in [2.75, 3.05) is 24.2 Å². The molecule has 0 saturated carbocycles. The Labute approximate surface area is 161 Å². The fraction of sp³-hybridized carbons (Fsp3) is 0.389. The Balaban J connectivity index is 1.42. The van der Waals surface area contributed by atoms with Gasteiger partial charge in [-0.1, -0.05) is 6.92 Å². The van der Waals surface area contributed by atoms with Crippen molar-refractivity contribution < 1.29 is 4.55 Å². The summed E-state index contributed by atoms with van der Waals surface area (Å²) in [4.78, 5) is 4.37. The van der Waals surface area contributed by atoms with Crippen LogP contribution in [0.15, 0.2) is 43.1 Å². The van der Waals surface area contributed by atoms with Crippen molar-refractivity contribution in [1.29, 1.82) is 0 Å². The molecule has 1 saturated heterocycles. The van der Waals surface area contributed by atoms with E-state index in [-0.39, 0.29) is 6.04 Å². The number of rotatable bonds is 7. The third-order valence-electron chi connectivity index (χ3n) is 4.54. The van der Waals surface area contributed by atoms with Gasteiger partial charge in [0.2, 0.25) is 0 Å². The third-order valence-corrected chi connectivity index (χ3v) is 6.17. The van der Waals surface area contributed by atoms with Gasteiger partial charge in [-0.05, 0) is 24.1 Å². The van der Waals surface area contributed by atoms with Gasteiger partial charge in [-0.25, -0.2) is 4.98 Å². The van der Waals surface area contributed by atoms with E-state index in [1.54, 1.807) is 17.1 Å². The highest BCUT2D eigenvalue weighted by Crippen LogP contribution is 2.28. The molecule has 142 valence electrons. The maximum atomic E-state index is 12.0. The lowest BCUT2D eigenvalue weighted by molar-refractivity contribution is 0.191. The summed E-state index contributed by atoms with van der Waals surface area (Å²) in [5.74, 6) is 1.50. The summed E-state index contributed by atoms with van der Waals surface area (Å²) in [6.45, 7) is 3.64. The molecule has 1 aliphatic heterocycles. The van der Waals surface area contributed by atoms with Gasteiger partial charge in [0.15, 0.2) is 0 Å². The van der Waals surface area contributed by atoms with Crippen LogP contribution in [-0.4, -0.2) is 52.2 Å². The maximum absolute atomic E-state index is 12.0. The average Bonchev–Trinajstić information content (AvgIpc) is 3.24. The van der Waals surface area contributed by atoms with Gasteiger partial charge in [-0.2, -0.15) is 10.2 Å². The number of aromatic nitrogens is 5. The minimum atomic E-state index is -0.854. The first-order valence-electron chi connectivity index (χ1n) is 9.02. The number of anilines is 2. The molecule has 1 N–H and O–H groups in total. The van der Waals surface area contributed by atoms with E-state index in [0.29, 0.717) is 0 Å². The van der Waals surface area contributed by atoms with Crippen LogP contribution in [0.25, 0.3) is 11.1 Å². The van der Waals surface area contributed by atoms with Gasteiger partial charge >= 0.3 is 0 Å². The molecule has 4 rings (SSSR count). The van der Waals surface area contributed by atoms with Gasteiger partial charge in [-0.15, -0.1) is 4.31 Å². The lowest BCUT2D eigenvalue weighted by atomic mass is 10.1. The summed E-state index contributed by atoms with van der Waals surface area (Å²) < 4.78 is 17.7. The van der Waals surface area contributed by atoms with Gasteiger partial charge < -0.3 is 9.87 Å². The Morgan fingerprint density at radius 2 is 2.07 bits per heavy atom. The van der Waals surface area contributed by atoms with Crippen LogP contribution in [0.5, 0.6) is 0 Å². The van der Waals surface area contributed by atoms with Crippen LogP contribution in [0.1, 0.15) is 19.4 Å². The van der Waals surface area contributed by atoms with E-state index >= 15 is 0 Å². The van der Waals surface area contributed by atoms with Crippen molar-refractivity contribution in [3.05, 3.63) is 43.1 Å². The highest BCUT2D eigenvalue weighted by atomic mass is 32.2. The Hall–Kier alpha value is -2.36. The molecular formula is C18H23N7OS. The van der Waals surface area contributed by atoms with E-state index in [4.69, 9.17) is 0 Å². The maximum Gasteiger partial charge on any atom is 0.130 e. The minimum absolute atomic E-state index is 0.286. The van der Waals surface area contributed by atoms with E-state index < -0.39 is 11.4 Å². The smallest absolute Gasteiger partial charge is 0.130 e. The minimum Gasteiger partial charge on any atom is -0.598 e. The van der Waals surface area contributed by atoms with Gasteiger partial charge in [0.25, 0.3) is 0 Å². The summed E-state index contributed by atoms with van der Waals surface area (Å²) >= 11 is -0.854. The number of hydrogen-bond acceptors (Lipinski definition) is 6. The fourth-order valence-corrected chi connectivity index (χ4v) is 4.34. The van der Waals surface area contributed by atoms with Crippen LogP contribution >= 0.6 is 0 Å². The number of pyridine rings is 1. The Morgan fingerprint density at radius 3 is 2.81 bits per heavy atom. The van der Waals surface area contributed by atoms with Crippen molar-refractivity contribution in [3.63, 3.8) is 0 Å². The van der Waals surface area contributed by atoms with Crippen LogP contribution in [0.2, 0.25) is 0 Å². The van der Waals surface area contributed by atoms with E-state index in [0.717, 1.165) is 47.9 Å². The summed E-state index contributed by atoms with van der Waals surface area (Å²) in [7, 11) is 1.88. The monoisotopic (exact) mass is 385 g/mol. The van der Waals surface area contributed by atoms with Gasteiger partial charge in [-0.3, -0.25) is 9.36 Å². The van der Waals surface area contributed by atoms with Crippen LogP contribution in [-0.2, 0) is 18.4 Å². The first kappa shape index (κ1) is 18.0. The zero-order valence-corrected chi connectivity index (χ0v) is 16.3. The average molecular weight is 385 g/mol. The zero-order valence-electron chi connectivity index (χ0n) is 15.4. The molecule has 0 radical (unpaired) electrons. The summed E-state index contributed by atoms with van der Waals surface area (Å²) in [6, 6.07) is 4.26. The molecule has 9 heteroatoms. The largest absolute Gasteiger partial charge is 0.598 e. The van der Waals surface area contributed by atoms with Crippen molar-refractivity contribution in [2.45, 2.75) is 19.4 Å². The molecule has 3 aromatic heterocycles. The number of hydrogen-bond donors (Lipinski definition) is 1. The molecule has 27 heavy (non-hydrogen) atoms. The Bertz CT molecular complexity index is 903. The quantitative estimate of drug-likeness (QED) is 0.628. The topological polar surface area (TPSA) is 86.9 Å². The van der Waals surface area contributed by atoms with Crippen molar-refractivity contribution in [1.82, 2.24) is 28.9 Å². The molecule has 0 aromatic carbocycles. The Morgan fingerprint density at radius 1 is 1.22 bits per heavy atom. The van der Waals surface area contributed by atoms with Crippen LogP contribution in [0.4, 0.5) is 11.5 Å². The number of aryl methyl sites for hydroxylation is 1. The molecule has 1 unspecified atom stereocenters. The van der Waals surface area contributed by atoms with Crippen LogP contribution in [0, 0.1) is 0 Å². The van der Waals surface area contributed by atoms with E-state index in [9.17, 15) is 4.55 Å². The highest BCUT2D eigenvalue weighted by molar-refractivity contribution is 7.89. The molecule has 3 aromatic rings. The van der Waals surface area contributed by atoms with Crippen molar-refractivity contribution in [2.24, 2.45) is 7.05 Å². The van der Waals surface area contributed by atoms with Crippen LogP contribution < -0.4 is 5.32 Å². The SMILES string of the molecule is CCC[S+]([O-])N1CC(n2cc(-c3ccnc(Nc4cnn(C)c4)c3)cn2)C1. The molecule has 0 spiro atoms. The highest BCUT2D eigenvalue weighted by Gasteiger charge is 2.36. The number of nitrogens with one attached hydrogen (secondary N) is 1. The standard InChI is InChI=1S/C18H23N7OS/c1-3-6-27(26)24-12-17(13-24)25-10-15(8-21-25)14-4-5-19-18(7-14)22-16-9-20-23(2)11-16/h4-5,7-11,17H,3,6,12-13H2,1-2H3,(H,19,22). The van der Waals surface area contributed by atoms with E-state index in [2.05, 4.69) is 27.4 Å². The lowest BCUT2D eigenvalue weighted by Gasteiger charge is -2.38. The molecule has 8 nitrogen and oxygen atoms in total.